The molecule has 0 amide bonds. The SMILES string of the molecule is CCCCn1c(N)[n+](C[C@@H](O)COc2ccc(Cl)cc2Cl)c2ccccc21. The maximum Gasteiger partial charge on any atom is 0.356 e. The molecule has 0 fully saturated rings. The molecule has 3 aromatic rings. The first-order chi connectivity index (χ1) is 13.0. The molecule has 3 rings (SSSR count). The van der Waals surface area contributed by atoms with E-state index in [0.29, 0.717) is 28.3 Å². The Morgan fingerprint density at radius 2 is 2.00 bits per heavy atom. The molecule has 0 saturated heterocycles. The molecule has 1 aromatic heterocycles. The normalized spacial score (nSPS) is 12.4. The number of ether oxygens (including phenoxy) is 1. The molecule has 144 valence electrons. The smallest absolute Gasteiger partial charge is 0.356 e. The summed E-state index contributed by atoms with van der Waals surface area (Å²) in [6.07, 6.45) is 1.39. The number of fused-ring (bicyclic) bond motifs is 1. The third kappa shape index (κ3) is 4.49. The summed E-state index contributed by atoms with van der Waals surface area (Å²) in [5, 5.41) is 11.5. The monoisotopic (exact) mass is 408 g/mol. The highest BCUT2D eigenvalue weighted by Crippen LogP contribution is 2.27. The lowest BCUT2D eigenvalue weighted by Gasteiger charge is -2.13. The summed E-state index contributed by atoms with van der Waals surface area (Å²) >= 11 is 12.0. The second-order valence-electron chi connectivity index (χ2n) is 6.50. The lowest BCUT2D eigenvalue weighted by atomic mass is 10.3. The Morgan fingerprint density at radius 1 is 1.22 bits per heavy atom. The fraction of sp³-hybridized carbons (Fsp3) is 0.350. The minimum atomic E-state index is -0.741. The first kappa shape index (κ1) is 19.8. The van der Waals surface area contributed by atoms with Crippen LogP contribution in [0.4, 0.5) is 5.95 Å². The molecule has 0 aliphatic heterocycles. The maximum atomic E-state index is 10.5. The minimum Gasteiger partial charge on any atom is -0.489 e. The zero-order valence-corrected chi connectivity index (χ0v) is 16.7. The van der Waals surface area contributed by atoms with Crippen molar-refractivity contribution in [2.45, 2.75) is 39.0 Å². The number of aliphatic hydroxyl groups is 1. The van der Waals surface area contributed by atoms with Crippen LogP contribution < -0.4 is 15.0 Å². The molecule has 0 saturated carbocycles. The summed E-state index contributed by atoms with van der Waals surface area (Å²) in [6.45, 7) is 3.43. The highest BCUT2D eigenvalue weighted by Gasteiger charge is 2.22. The van der Waals surface area contributed by atoms with Crippen LogP contribution in [0.25, 0.3) is 11.0 Å². The summed E-state index contributed by atoms with van der Waals surface area (Å²) in [6, 6.07) is 13.0. The number of hydrogen-bond donors (Lipinski definition) is 2. The second-order valence-corrected chi connectivity index (χ2v) is 7.35. The van der Waals surface area contributed by atoms with Gasteiger partial charge in [0, 0.05) is 5.02 Å². The van der Waals surface area contributed by atoms with Gasteiger partial charge in [0.15, 0.2) is 0 Å². The van der Waals surface area contributed by atoms with Crippen molar-refractivity contribution in [2.75, 3.05) is 12.3 Å². The molecule has 0 aliphatic carbocycles. The van der Waals surface area contributed by atoms with Crippen LogP contribution in [0.2, 0.25) is 10.0 Å². The Hall–Kier alpha value is -1.95. The van der Waals surface area contributed by atoms with E-state index in [0.717, 1.165) is 30.4 Å². The molecule has 0 bridgehead atoms. The number of benzene rings is 2. The van der Waals surface area contributed by atoms with Crippen molar-refractivity contribution in [2.24, 2.45) is 0 Å². The standard InChI is InChI=1S/C20H23Cl2N3O2/c1-2-3-10-24-17-6-4-5-7-18(17)25(20(24)23)12-15(26)13-27-19-9-8-14(21)11-16(19)22/h4-9,11,15,23,26H,2-3,10,12-13H2,1H3/p+1/t15-/m1/s1. The van der Waals surface area contributed by atoms with E-state index in [1.807, 2.05) is 28.8 Å². The third-order valence-electron chi connectivity index (χ3n) is 4.47. The zero-order chi connectivity index (χ0) is 19.4. The molecule has 3 N–H and O–H groups in total. The van der Waals surface area contributed by atoms with E-state index >= 15 is 0 Å². The molecule has 2 aromatic carbocycles. The minimum absolute atomic E-state index is 0.0995. The van der Waals surface area contributed by atoms with Gasteiger partial charge in [0.2, 0.25) is 0 Å². The highest BCUT2D eigenvalue weighted by molar-refractivity contribution is 6.35. The molecule has 1 heterocycles. The van der Waals surface area contributed by atoms with E-state index in [1.54, 1.807) is 18.2 Å². The Morgan fingerprint density at radius 3 is 2.74 bits per heavy atom. The summed E-state index contributed by atoms with van der Waals surface area (Å²) < 4.78 is 9.68. The van der Waals surface area contributed by atoms with Gasteiger partial charge in [-0.15, -0.1) is 0 Å². The first-order valence-electron chi connectivity index (χ1n) is 9.03. The molecule has 0 aliphatic rings. The van der Waals surface area contributed by atoms with Crippen LogP contribution in [0.3, 0.4) is 0 Å². The Kier molecular flexibility index (Phi) is 6.47. The fourth-order valence-electron chi connectivity index (χ4n) is 3.10. The summed E-state index contributed by atoms with van der Waals surface area (Å²) in [7, 11) is 0. The fourth-order valence-corrected chi connectivity index (χ4v) is 3.56. The molecule has 5 nitrogen and oxygen atoms in total. The van der Waals surface area contributed by atoms with Crippen LogP contribution in [-0.4, -0.2) is 22.4 Å². The number of para-hydroxylation sites is 2. The van der Waals surface area contributed by atoms with Crippen LogP contribution in [0, 0.1) is 0 Å². The quantitative estimate of drug-likeness (QED) is 0.552. The van der Waals surface area contributed by atoms with E-state index in [2.05, 4.69) is 11.5 Å². The van der Waals surface area contributed by atoms with Crippen molar-refractivity contribution in [3.05, 3.63) is 52.5 Å². The largest absolute Gasteiger partial charge is 0.489 e. The number of nitrogens with two attached hydrogens (primary N) is 1. The van der Waals surface area contributed by atoms with Crippen LogP contribution >= 0.6 is 23.2 Å². The predicted molar refractivity (Wildman–Crippen MR) is 109 cm³/mol. The van der Waals surface area contributed by atoms with E-state index in [9.17, 15) is 5.11 Å². The molecule has 0 unspecified atom stereocenters. The molecular formula is C20H24Cl2N3O2+. The summed E-state index contributed by atoms with van der Waals surface area (Å²) in [5.41, 5.74) is 8.45. The van der Waals surface area contributed by atoms with Gasteiger partial charge in [-0.05, 0) is 36.8 Å². The van der Waals surface area contributed by atoms with Crippen LogP contribution in [0.15, 0.2) is 42.5 Å². The van der Waals surface area contributed by atoms with Crippen LogP contribution in [0.5, 0.6) is 5.75 Å². The van der Waals surface area contributed by atoms with Gasteiger partial charge in [-0.1, -0.05) is 48.7 Å². The molecule has 0 spiro atoms. The van der Waals surface area contributed by atoms with E-state index < -0.39 is 6.10 Å². The van der Waals surface area contributed by atoms with Crippen molar-refractivity contribution < 1.29 is 14.4 Å². The Bertz CT molecular complexity index is 927. The van der Waals surface area contributed by atoms with Crippen molar-refractivity contribution in [3.8, 4) is 5.75 Å². The Labute approximate surface area is 168 Å². The number of unbranched alkanes of at least 4 members (excludes halogenated alkanes) is 1. The van der Waals surface area contributed by atoms with Crippen molar-refractivity contribution in [1.82, 2.24) is 4.57 Å². The van der Waals surface area contributed by atoms with Crippen LogP contribution in [0.1, 0.15) is 19.8 Å². The molecule has 0 radical (unpaired) electrons. The van der Waals surface area contributed by atoms with Crippen molar-refractivity contribution >= 4 is 40.2 Å². The number of nitrogens with zero attached hydrogens (tertiary/aromatic N) is 2. The van der Waals surface area contributed by atoms with Gasteiger partial charge in [0.05, 0.1) is 11.6 Å². The number of rotatable bonds is 8. The number of aromatic nitrogens is 2. The zero-order valence-electron chi connectivity index (χ0n) is 15.2. The van der Waals surface area contributed by atoms with Crippen molar-refractivity contribution in [3.63, 3.8) is 0 Å². The van der Waals surface area contributed by atoms with E-state index in [1.165, 1.54) is 0 Å². The summed E-state index contributed by atoms with van der Waals surface area (Å²) in [4.78, 5) is 0. The van der Waals surface area contributed by atoms with Gasteiger partial charge < -0.3 is 9.84 Å². The first-order valence-corrected chi connectivity index (χ1v) is 9.79. The number of hydrogen-bond acceptors (Lipinski definition) is 3. The molecule has 27 heavy (non-hydrogen) atoms. The second kappa shape index (κ2) is 8.83. The topological polar surface area (TPSA) is 64.3 Å². The van der Waals surface area contributed by atoms with Crippen molar-refractivity contribution in [1.29, 1.82) is 0 Å². The lowest BCUT2D eigenvalue weighted by molar-refractivity contribution is -0.665. The van der Waals surface area contributed by atoms with Gasteiger partial charge in [-0.3, -0.25) is 5.73 Å². The Balaban J connectivity index is 1.76. The number of anilines is 1. The number of imidazole rings is 1. The van der Waals surface area contributed by atoms with Gasteiger partial charge >= 0.3 is 5.95 Å². The average molecular weight is 409 g/mol. The molecule has 7 heteroatoms. The van der Waals surface area contributed by atoms with Gasteiger partial charge in [-0.2, -0.15) is 0 Å². The average Bonchev–Trinajstić information content (AvgIpc) is 2.91. The van der Waals surface area contributed by atoms with Gasteiger partial charge in [0.25, 0.3) is 0 Å². The lowest BCUT2D eigenvalue weighted by Crippen LogP contribution is -2.43. The number of aliphatic hydroxyl groups excluding tert-OH is 1. The third-order valence-corrected chi connectivity index (χ3v) is 5.00. The number of nitrogen functional groups attached to an aromatic ring is 1. The van der Waals surface area contributed by atoms with Gasteiger partial charge in [-0.25, -0.2) is 9.13 Å². The number of aryl methyl sites for hydroxylation is 1. The molecule has 1 atom stereocenters. The van der Waals surface area contributed by atoms with E-state index in [-0.39, 0.29) is 6.61 Å². The van der Waals surface area contributed by atoms with Crippen LogP contribution in [-0.2, 0) is 13.1 Å². The molecular weight excluding hydrogens is 385 g/mol. The predicted octanol–water partition coefficient (Wildman–Crippen LogP) is 4.06. The highest BCUT2D eigenvalue weighted by atomic mass is 35.5. The number of halogens is 2. The van der Waals surface area contributed by atoms with Gasteiger partial charge in [0.1, 0.15) is 36.0 Å². The maximum absolute atomic E-state index is 10.5. The van der Waals surface area contributed by atoms with E-state index in [4.69, 9.17) is 33.7 Å². The summed E-state index contributed by atoms with van der Waals surface area (Å²) in [5.74, 6) is 1.12.